The summed E-state index contributed by atoms with van der Waals surface area (Å²) in [6.07, 6.45) is 0.523. The average molecular weight is 447 g/mol. The van der Waals surface area contributed by atoms with Crippen molar-refractivity contribution < 1.29 is 4.39 Å². The van der Waals surface area contributed by atoms with Crippen LogP contribution < -0.4 is 0 Å². The van der Waals surface area contributed by atoms with Crippen molar-refractivity contribution in [2.45, 2.75) is 6.42 Å². The Bertz CT molecular complexity index is 1680. The number of nitrogens with zero attached hydrogens (tertiary/aromatic N) is 4. The van der Waals surface area contributed by atoms with Crippen molar-refractivity contribution in [2.24, 2.45) is 14.1 Å². The molecule has 0 N–H and O–H groups in total. The third kappa shape index (κ3) is 3.37. The van der Waals surface area contributed by atoms with Crippen LogP contribution in [0.2, 0.25) is 0 Å². The Morgan fingerprint density at radius 1 is 0.647 bits per heavy atom. The zero-order valence-electron chi connectivity index (χ0n) is 19.0. The van der Waals surface area contributed by atoms with E-state index in [9.17, 15) is 4.39 Å². The lowest BCUT2D eigenvalue weighted by molar-refractivity contribution is 0.622. The number of para-hydroxylation sites is 2. The van der Waals surface area contributed by atoms with Gasteiger partial charge in [0.2, 0.25) is 0 Å². The van der Waals surface area contributed by atoms with Gasteiger partial charge in [-0.05, 0) is 48.5 Å². The highest BCUT2D eigenvalue weighted by molar-refractivity contribution is 5.87. The molecule has 0 atom stereocenters. The van der Waals surface area contributed by atoms with Crippen LogP contribution in [-0.2, 0) is 20.5 Å². The van der Waals surface area contributed by atoms with Gasteiger partial charge < -0.3 is 9.13 Å². The first-order chi connectivity index (χ1) is 16.6. The molecule has 0 spiro atoms. The molecule has 5 heteroatoms. The lowest BCUT2D eigenvalue weighted by atomic mass is 10.1. The number of hydrogen-bond acceptors (Lipinski definition) is 2. The predicted octanol–water partition coefficient (Wildman–Crippen LogP) is 6.52. The van der Waals surface area contributed by atoms with E-state index in [-0.39, 0.29) is 5.82 Å². The predicted molar refractivity (Wildman–Crippen MR) is 135 cm³/mol. The minimum Gasteiger partial charge on any atom is -0.342 e. The summed E-state index contributed by atoms with van der Waals surface area (Å²) >= 11 is 0. The van der Waals surface area contributed by atoms with Gasteiger partial charge in [0.05, 0.1) is 17.1 Å². The lowest BCUT2D eigenvalue weighted by Crippen LogP contribution is -2.02. The Kier molecular flexibility index (Phi) is 4.77. The van der Waals surface area contributed by atoms with Crippen LogP contribution in [0, 0.1) is 5.82 Å². The van der Waals surface area contributed by atoms with Gasteiger partial charge in [-0.15, -0.1) is 0 Å². The molecule has 4 aromatic heterocycles. The summed E-state index contributed by atoms with van der Waals surface area (Å²) in [7, 11) is 4.00. The molecule has 0 amide bonds. The second-order valence-electron chi connectivity index (χ2n) is 8.62. The first-order valence-corrected chi connectivity index (χ1v) is 11.3. The molecule has 2 aromatic carbocycles. The Morgan fingerprint density at radius 3 is 1.97 bits per heavy atom. The van der Waals surface area contributed by atoms with E-state index in [1.54, 1.807) is 6.07 Å². The number of aromatic nitrogens is 4. The molecule has 0 aliphatic carbocycles. The normalized spacial score (nSPS) is 11.5. The van der Waals surface area contributed by atoms with E-state index >= 15 is 0 Å². The summed E-state index contributed by atoms with van der Waals surface area (Å²) in [5.74, 6) is -0.327. The molecule has 0 aliphatic rings. The minimum atomic E-state index is -0.327. The van der Waals surface area contributed by atoms with Gasteiger partial charge in [0.25, 0.3) is 0 Å². The molecule has 0 saturated carbocycles. The number of halogens is 1. The summed E-state index contributed by atoms with van der Waals surface area (Å²) in [6, 6.07) is 29.8. The molecule has 166 valence electrons. The minimum absolute atomic E-state index is 0.327. The van der Waals surface area contributed by atoms with Crippen LogP contribution >= 0.6 is 0 Å². The first kappa shape index (κ1) is 20.4. The van der Waals surface area contributed by atoms with Gasteiger partial charge in [-0.3, -0.25) is 4.98 Å². The van der Waals surface area contributed by atoms with E-state index in [0.717, 1.165) is 39.4 Å². The molecular weight excluding hydrogens is 423 g/mol. The molecule has 0 saturated heterocycles. The van der Waals surface area contributed by atoms with Crippen molar-refractivity contribution in [3.8, 4) is 22.8 Å². The number of pyridine rings is 2. The highest BCUT2D eigenvalue weighted by atomic mass is 19.1. The fraction of sp³-hybridized carbons (Fsp3) is 0.103. The summed E-state index contributed by atoms with van der Waals surface area (Å²) in [5, 5.41) is 2.25. The maximum absolute atomic E-state index is 14.8. The quantitative estimate of drug-likeness (QED) is 0.309. The lowest BCUT2D eigenvalue weighted by Gasteiger charge is -2.09. The standard InChI is InChI=1S/C29H23FN4/c1-33-25-12-5-3-8-19(25)16-27(33)24-11-7-10-21(31-24)18-22-14-15-23(30)29(32-22)28-17-20-9-4-6-13-26(20)34(28)2/h3-17H,18H2,1-2H3. The zero-order valence-corrected chi connectivity index (χ0v) is 19.0. The Morgan fingerprint density at radius 2 is 1.26 bits per heavy atom. The van der Waals surface area contributed by atoms with Gasteiger partial charge in [0, 0.05) is 53.7 Å². The molecule has 0 unspecified atom stereocenters. The average Bonchev–Trinajstić information content (AvgIpc) is 3.38. The number of fused-ring (bicyclic) bond motifs is 2. The number of rotatable bonds is 4. The topological polar surface area (TPSA) is 35.6 Å². The first-order valence-electron chi connectivity index (χ1n) is 11.3. The largest absolute Gasteiger partial charge is 0.342 e. The van der Waals surface area contributed by atoms with Gasteiger partial charge >= 0.3 is 0 Å². The third-order valence-electron chi connectivity index (χ3n) is 6.48. The second kappa shape index (κ2) is 7.96. The smallest absolute Gasteiger partial charge is 0.151 e. The van der Waals surface area contributed by atoms with Gasteiger partial charge in [-0.25, -0.2) is 9.37 Å². The van der Waals surface area contributed by atoms with E-state index in [1.807, 2.05) is 72.3 Å². The molecule has 4 heterocycles. The van der Waals surface area contributed by atoms with Crippen LogP contribution in [0.4, 0.5) is 4.39 Å². The van der Waals surface area contributed by atoms with E-state index in [4.69, 9.17) is 9.97 Å². The summed E-state index contributed by atoms with van der Waals surface area (Å²) < 4.78 is 19.0. The summed E-state index contributed by atoms with van der Waals surface area (Å²) in [5.41, 5.74) is 6.99. The van der Waals surface area contributed by atoms with Crippen molar-refractivity contribution >= 4 is 21.8 Å². The highest BCUT2D eigenvalue weighted by Gasteiger charge is 2.15. The molecule has 4 nitrogen and oxygen atoms in total. The molecule has 6 aromatic rings. The summed E-state index contributed by atoms with van der Waals surface area (Å²) in [4.78, 5) is 9.62. The van der Waals surface area contributed by atoms with Crippen molar-refractivity contribution in [2.75, 3.05) is 0 Å². The third-order valence-corrected chi connectivity index (χ3v) is 6.48. The zero-order chi connectivity index (χ0) is 23.2. The van der Waals surface area contributed by atoms with Crippen molar-refractivity contribution in [3.63, 3.8) is 0 Å². The Balaban J connectivity index is 1.36. The van der Waals surface area contributed by atoms with Gasteiger partial charge in [0.1, 0.15) is 5.69 Å². The van der Waals surface area contributed by atoms with Crippen molar-refractivity contribution in [1.82, 2.24) is 19.1 Å². The van der Waals surface area contributed by atoms with Gasteiger partial charge in [0.15, 0.2) is 5.82 Å². The molecule has 0 bridgehead atoms. The highest BCUT2D eigenvalue weighted by Crippen LogP contribution is 2.29. The monoisotopic (exact) mass is 446 g/mol. The van der Waals surface area contributed by atoms with E-state index < -0.39 is 0 Å². The molecule has 0 fully saturated rings. The maximum atomic E-state index is 14.8. The van der Waals surface area contributed by atoms with E-state index in [1.165, 1.54) is 17.0 Å². The molecule has 0 aliphatic heterocycles. The molecule has 6 rings (SSSR count). The number of hydrogen-bond donors (Lipinski definition) is 0. The van der Waals surface area contributed by atoms with Crippen LogP contribution in [0.15, 0.2) is 91.0 Å². The van der Waals surface area contributed by atoms with Crippen LogP contribution in [0.3, 0.4) is 0 Å². The fourth-order valence-electron chi connectivity index (χ4n) is 4.72. The van der Waals surface area contributed by atoms with Gasteiger partial charge in [-0.1, -0.05) is 42.5 Å². The number of benzene rings is 2. The van der Waals surface area contributed by atoms with E-state index in [0.29, 0.717) is 12.1 Å². The second-order valence-corrected chi connectivity index (χ2v) is 8.62. The van der Waals surface area contributed by atoms with Crippen molar-refractivity contribution in [3.05, 3.63) is 108 Å². The SMILES string of the molecule is Cn1c(-c2cccc(Cc3ccc(F)c(-c4cc5ccccc5n4C)n3)n2)cc2ccccc21. The van der Waals surface area contributed by atoms with Gasteiger partial charge in [-0.2, -0.15) is 0 Å². The van der Waals surface area contributed by atoms with E-state index in [2.05, 4.69) is 29.8 Å². The molecule has 0 radical (unpaired) electrons. The van der Waals surface area contributed by atoms with Crippen LogP contribution in [-0.4, -0.2) is 19.1 Å². The van der Waals surface area contributed by atoms with Crippen molar-refractivity contribution in [1.29, 1.82) is 0 Å². The molecule has 34 heavy (non-hydrogen) atoms. The fourth-order valence-corrected chi connectivity index (χ4v) is 4.72. The van der Waals surface area contributed by atoms with Crippen LogP contribution in [0.1, 0.15) is 11.4 Å². The number of aryl methyl sites for hydroxylation is 2. The maximum Gasteiger partial charge on any atom is 0.151 e. The van der Waals surface area contributed by atoms with Crippen LogP contribution in [0.5, 0.6) is 0 Å². The Labute approximate surface area is 197 Å². The van der Waals surface area contributed by atoms with Crippen LogP contribution in [0.25, 0.3) is 44.6 Å². The summed E-state index contributed by atoms with van der Waals surface area (Å²) in [6.45, 7) is 0. The Hall–Kier alpha value is -4.25. The molecular formula is C29H23FN4.